The molecule has 1 saturated heterocycles. The topological polar surface area (TPSA) is 18.5 Å². The number of rotatable bonds is 3. The monoisotopic (exact) mass is 339 g/mol. The molecule has 1 heterocycles. The number of hydrogen-bond donors (Lipinski definition) is 1. The van der Waals surface area contributed by atoms with Gasteiger partial charge in [0.2, 0.25) is 0 Å². The van der Waals surface area contributed by atoms with Crippen LogP contribution < -0.4 is 10.2 Å². The fourth-order valence-corrected chi connectivity index (χ4v) is 3.26. The van der Waals surface area contributed by atoms with E-state index in [1.165, 1.54) is 11.3 Å². The smallest absolute Gasteiger partial charge is 0.173 e. The Morgan fingerprint density at radius 1 is 0.917 bits per heavy atom. The van der Waals surface area contributed by atoms with Gasteiger partial charge in [-0.05, 0) is 48.0 Å². The number of hydrogen-bond acceptors (Lipinski definition) is 2. The molecule has 0 amide bonds. The second-order valence-electron chi connectivity index (χ2n) is 6.52. The van der Waals surface area contributed by atoms with E-state index in [0.29, 0.717) is 5.92 Å². The summed E-state index contributed by atoms with van der Waals surface area (Å²) in [5.41, 5.74) is 3.71. The zero-order chi connectivity index (χ0) is 16.9. The maximum atomic E-state index is 5.59. The van der Waals surface area contributed by atoms with E-state index in [2.05, 4.69) is 83.6 Å². The summed E-state index contributed by atoms with van der Waals surface area (Å²) in [7, 11) is 0. The molecule has 0 radical (unpaired) electrons. The van der Waals surface area contributed by atoms with Gasteiger partial charge in [0.05, 0.1) is 0 Å². The molecule has 3 nitrogen and oxygen atoms in total. The van der Waals surface area contributed by atoms with Gasteiger partial charge in [0.1, 0.15) is 0 Å². The molecular weight excluding hydrogens is 314 g/mol. The van der Waals surface area contributed by atoms with Crippen LogP contribution in [0.15, 0.2) is 54.6 Å². The van der Waals surface area contributed by atoms with Gasteiger partial charge in [-0.1, -0.05) is 44.2 Å². The standard InChI is InChI=1S/C20H25N3S/c1-16(2)17-8-10-18(11-9-17)21-20(24)23-14-12-22(13-15-23)19-6-4-3-5-7-19/h3-11,16H,12-15H2,1-2H3,(H,21,24). The molecule has 1 aliphatic heterocycles. The molecule has 126 valence electrons. The van der Waals surface area contributed by atoms with Crippen molar-refractivity contribution in [2.45, 2.75) is 19.8 Å². The third kappa shape index (κ3) is 4.06. The van der Waals surface area contributed by atoms with E-state index in [9.17, 15) is 0 Å². The van der Waals surface area contributed by atoms with Gasteiger partial charge in [-0.2, -0.15) is 0 Å². The Bertz CT molecular complexity index is 659. The third-order valence-corrected chi connectivity index (χ3v) is 4.88. The van der Waals surface area contributed by atoms with Crippen LogP contribution in [-0.4, -0.2) is 36.2 Å². The van der Waals surface area contributed by atoms with Crippen molar-refractivity contribution in [3.05, 3.63) is 60.2 Å². The molecule has 0 aromatic heterocycles. The van der Waals surface area contributed by atoms with Crippen LogP contribution in [0, 0.1) is 0 Å². The summed E-state index contributed by atoms with van der Waals surface area (Å²) in [5, 5.41) is 4.19. The normalized spacial score (nSPS) is 14.8. The quantitative estimate of drug-likeness (QED) is 0.839. The van der Waals surface area contributed by atoms with Gasteiger partial charge < -0.3 is 15.1 Å². The van der Waals surface area contributed by atoms with Crippen LogP contribution >= 0.6 is 12.2 Å². The van der Waals surface area contributed by atoms with Crippen LogP contribution in [0.4, 0.5) is 11.4 Å². The van der Waals surface area contributed by atoms with E-state index in [0.717, 1.165) is 37.0 Å². The number of para-hydroxylation sites is 1. The van der Waals surface area contributed by atoms with E-state index in [-0.39, 0.29) is 0 Å². The molecule has 0 unspecified atom stereocenters. The van der Waals surface area contributed by atoms with Crippen LogP contribution in [0.5, 0.6) is 0 Å². The van der Waals surface area contributed by atoms with E-state index < -0.39 is 0 Å². The SMILES string of the molecule is CC(C)c1ccc(NC(=S)N2CCN(c3ccccc3)CC2)cc1. The van der Waals surface area contributed by atoms with Crippen molar-refractivity contribution in [2.75, 3.05) is 36.4 Å². The van der Waals surface area contributed by atoms with E-state index in [4.69, 9.17) is 12.2 Å². The zero-order valence-electron chi connectivity index (χ0n) is 14.4. The van der Waals surface area contributed by atoms with E-state index in [1.807, 2.05) is 0 Å². The first kappa shape index (κ1) is 16.8. The van der Waals surface area contributed by atoms with Gasteiger partial charge in [0, 0.05) is 37.6 Å². The minimum absolute atomic E-state index is 0.553. The van der Waals surface area contributed by atoms with Gasteiger partial charge in [-0.3, -0.25) is 0 Å². The second kappa shape index (κ2) is 7.67. The number of anilines is 2. The summed E-state index contributed by atoms with van der Waals surface area (Å²) in [6.07, 6.45) is 0. The predicted molar refractivity (Wildman–Crippen MR) is 107 cm³/mol. The molecule has 0 bridgehead atoms. The van der Waals surface area contributed by atoms with Crippen molar-refractivity contribution < 1.29 is 0 Å². The van der Waals surface area contributed by atoms with Crippen LogP contribution in [-0.2, 0) is 0 Å². The average molecular weight is 340 g/mol. The summed E-state index contributed by atoms with van der Waals surface area (Å²) in [6.45, 7) is 8.31. The second-order valence-corrected chi connectivity index (χ2v) is 6.90. The number of nitrogens with zero attached hydrogens (tertiary/aromatic N) is 2. The highest BCUT2D eigenvalue weighted by Gasteiger charge is 2.19. The number of nitrogens with one attached hydrogen (secondary N) is 1. The Labute approximate surface area is 150 Å². The van der Waals surface area contributed by atoms with Crippen molar-refractivity contribution in [2.24, 2.45) is 0 Å². The maximum absolute atomic E-state index is 5.59. The summed E-state index contributed by atoms with van der Waals surface area (Å²) in [4.78, 5) is 4.67. The highest BCUT2D eigenvalue weighted by atomic mass is 32.1. The van der Waals surface area contributed by atoms with Crippen molar-refractivity contribution >= 4 is 28.7 Å². The molecule has 1 aliphatic rings. The van der Waals surface area contributed by atoms with Crippen molar-refractivity contribution in [1.29, 1.82) is 0 Å². The molecule has 2 aromatic carbocycles. The van der Waals surface area contributed by atoms with Crippen LogP contribution in [0.25, 0.3) is 0 Å². The van der Waals surface area contributed by atoms with E-state index >= 15 is 0 Å². The molecule has 1 N–H and O–H groups in total. The molecule has 0 aliphatic carbocycles. The Balaban J connectivity index is 1.53. The van der Waals surface area contributed by atoms with E-state index in [1.54, 1.807) is 0 Å². The number of piperazine rings is 1. The number of thiocarbonyl (C=S) groups is 1. The van der Waals surface area contributed by atoms with Gasteiger partial charge in [0.25, 0.3) is 0 Å². The lowest BCUT2D eigenvalue weighted by molar-refractivity contribution is 0.391. The van der Waals surface area contributed by atoms with Crippen molar-refractivity contribution in [3.8, 4) is 0 Å². The Hall–Kier alpha value is -2.07. The van der Waals surface area contributed by atoms with Crippen molar-refractivity contribution in [1.82, 2.24) is 4.90 Å². The average Bonchev–Trinajstić information content (AvgIpc) is 2.63. The maximum Gasteiger partial charge on any atom is 0.173 e. The lowest BCUT2D eigenvalue weighted by Crippen LogP contribution is -2.50. The molecule has 24 heavy (non-hydrogen) atoms. The fourth-order valence-electron chi connectivity index (χ4n) is 2.96. The first-order chi connectivity index (χ1) is 11.6. The molecule has 2 aromatic rings. The van der Waals surface area contributed by atoms with Gasteiger partial charge in [0.15, 0.2) is 5.11 Å². The molecule has 0 spiro atoms. The Morgan fingerprint density at radius 2 is 1.54 bits per heavy atom. The third-order valence-electron chi connectivity index (χ3n) is 4.52. The summed E-state index contributed by atoms with van der Waals surface area (Å²) in [6, 6.07) is 19.1. The fraction of sp³-hybridized carbons (Fsp3) is 0.350. The Kier molecular flexibility index (Phi) is 5.36. The minimum Gasteiger partial charge on any atom is -0.368 e. The Morgan fingerprint density at radius 3 is 2.12 bits per heavy atom. The molecule has 0 atom stereocenters. The zero-order valence-corrected chi connectivity index (χ0v) is 15.2. The highest BCUT2D eigenvalue weighted by molar-refractivity contribution is 7.80. The lowest BCUT2D eigenvalue weighted by Gasteiger charge is -2.37. The first-order valence-electron chi connectivity index (χ1n) is 8.59. The molecule has 4 heteroatoms. The molecular formula is C20H25N3S. The summed E-state index contributed by atoms with van der Waals surface area (Å²) < 4.78 is 0. The van der Waals surface area contributed by atoms with Crippen molar-refractivity contribution in [3.63, 3.8) is 0 Å². The van der Waals surface area contributed by atoms with Gasteiger partial charge in [-0.25, -0.2) is 0 Å². The highest BCUT2D eigenvalue weighted by Crippen LogP contribution is 2.19. The minimum atomic E-state index is 0.553. The molecule has 3 rings (SSSR count). The van der Waals surface area contributed by atoms with Gasteiger partial charge in [-0.15, -0.1) is 0 Å². The van der Waals surface area contributed by atoms with Crippen LogP contribution in [0.3, 0.4) is 0 Å². The van der Waals surface area contributed by atoms with Crippen LogP contribution in [0.1, 0.15) is 25.3 Å². The molecule has 0 saturated carbocycles. The van der Waals surface area contributed by atoms with Crippen LogP contribution in [0.2, 0.25) is 0 Å². The first-order valence-corrected chi connectivity index (χ1v) is 9.00. The van der Waals surface area contributed by atoms with Gasteiger partial charge >= 0.3 is 0 Å². The predicted octanol–water partition coefficient (Wildman–Crippen LogP) is 4.33. The summed E-state index contributed by atoms with van der Waals surface area (Å²) in [5.74, 6) is 0.553. The lowest BCUT2D eigenvalue weighted by atomic mass is 10.0. The molecule has 1 fully saturated rings. The number of benzene rings is 2. The summed E-state index contributed by atoms with van der Waals surface area (Å²) >= 11 is 5.59. The largest absolute Gasteiger partial charge is 0.368 e.